The van der Waals surface area contributed by atoms with Gasteiger partial charge in [-0.1, -0.05) is 36.7 Å². The van der Waals surface area contributed by atoms with Gasteiger partial charge in [-0.15, -0.1) is 0 Å². The summed E-state index contributed by atoms with van der Waals surface area (Å²) in [6.07, 6.45) is 0. The first-order valence-electron chi connectivity index (χ1n) is 7.48. The fourth-order valence-corrected chi connectivity index (χ4v) is 4.39. The molecule has 0 atom stereocenters. The van der Waals surface area contributed by atoms with Crippen molar-refractivity contribution in [1.29, 1.82) is 0 Å². The van der Waals surface area contributed by atoms with Gasteiger partial charge in [0.15, 0.2) is 0 Å². The zero-order valence-electron chi connectivity index (χ0n) is 14.3. The largest absolute Gasteiger partial charge is 0.507 e. The normalized spacial score (nSPS) is 12.2. The average molecular weight is 427 g/mol. The van der Waals surface area contributed by atoms with Gasteiger partial charge in [0.05, 0.1) is 9.79 Å². The molecule has 2 aromatic rings. The zero-order valence-corrected chi connectivity index (χ0v) is 16.7. The van der Waals surface area contributed by atoms with Gasteiger partial charge in [-0.25, -0.2) is 13.2 Å². The van der Waals surface area contributed by atoms with E-state index in [2.05, 4.69) is 15.9 Å². The van der Waals surface area contributed by atoms with Crippen LogP contribution in [0.25, 0.3) is 0 Å². The van der Waals surface area contributed by atoms with Crippen LogP contribution in [0, 0.1) is 6.92 Å². The van der Waals surface area contributed by atoms with Crippen molar-refractivity contribution in [2.24, 2.45) is 0 Å². The molecule has 0 aliphatic heterocycles. The van der Waals surface area contributed by atoms with Gasteiger partial charge in [0.1, 0.15) is 11.3 Å². The molecule has 0 spiro atoms. The van der Waals surface area contributed by atoms with Crippen LogP contribution in [0.4, 0.5) is 0 Å². The number of carboxylic acid groups (broad SMARTS) is 1. The molecular weight excluding hydrogens is 408 g/mol. The molecule has 0 unspecified atom stereocenters. The van der Waals surface area contributed by atoms with E-state index in [4.69, 9.17) is 0 Å². The van der Waals surface area contributed by atoms with E-state index < -0.39 is 27.0 Å². The molecule has 5 nitrogen and oxygen atoms in total. The van der Waals surface area contributed by atoms with Crippen LogP contribution < -0.4 is 0 Å². The van der Waals surface area contributed by atoms with E-state index in [-0.39, 0.29) is 26.5 Å². The molecule has 0 aliphatic rings. The van der Waals surface area contributed by atoms with E-state index in [0.717, 1.165) is 4.47 Å². The van der Waals surface area contributed by atoms with Gasteiger partial charge in [-0.3, -0.25) is 0 Å². The zero-order chi connectivity index (χ0) is 19.2. The molecule has 7 heteroatoms. The predicted octanol–water partition coefficient (Wildman–Crippen LogP) is 4.29. The van der Waals surface area contributed by atoms with Crippen LogP contribution in [0.1, 0.15) is 42.3 Å². The number of carbonyl (C=O) groups is 1. The molecule has 0 aromatic heterocycles. The Hall–Kier alpha value is -1.86. The topological polar surface area (TPSA) is 91.7 Å². The summed E-state index contributed by atoms with van der Waals surface area (Å²) in [4.78, 5) is 11.6. The second-order valence-electron chi connectivity index (χ2n) is 6.78. The lowest BCUT2D eigenvalue weighted by Crippen LogP contribution is -2.17. The highest BCUT2D eigenvalue weighted by Crippen LogP contribution is 2.39. The van der Waals surface area contributed by atoms with Gasteiger partial charge in [0, 0.05) is 10.0 Å². The van der Waals surface area contributed by atoms with E-state index in [1.807, 2.05) is 0 Å². The van der Waals surface area contributed by atoms with E-state index in [9.17, 15) is 23.4 Å². The summed E-state index contributed by atoms with van der Waals surface area (Å²) in [6.45, 7) is 6.72. The number of halogens is 1. The Labute approximate surface area is 155 Å². The fraction of sp³-hybridized carbons (Fsp3) is 0.278. The minimum atomic E-state index is -3.94. The molecule has 2 aromatic carbocycles. The van der Waals surface area contributed by atoms with Crippen molar-refractivity contribution in [3.63, 3.8) is 0 Å². The van der Waals surface area contributed by atoms with Crippen molar-refractivity contribution in [3.8, 4) is 5.75 Å². The van der Waals surface area contributed by atoms with Crippen molar-refractivity contribution in [1.82, 2.24) is 0 Å². The molecule has 25 heavy (non-hydrogen) atoms. The van der Waals surface area contributed by atoms with Crippen LogP contribution >= 0.6 is 15.9 Å². The van der Waals surface area contributed by atoms with Crippen LogP contribution in [0.3, 0.4) is 0 Å². The van der Waals surface area contributed by atoms with Crippen molar-refractivity contribution in [2.75, 3.05) is 0 Å². The molecule has 0 radical (unpaired) electrons. The number of sulfone groups is 1. The highest BCUT2D eigenvalue weighted by atomic mass is 79.9. The highest BCUT2D eigenvalue weighted by Gasteiger charge is 2.31. The van der Waals surface area contributed by atoms with Gasteiger partial charge >= 0.3 is 5.97 Å². The minimum Gasteiger partial charge on any atom is -0.507 e. The maximum absolute atomic E-state index is 13.0. The Bertz CT molecular complexity index is 939. The van der Waals surface area contributed by atoms with E-state index in [0.29, 0.717) is 0 Å². The molecule has 2 N–H and O–H groups in total. The van der Waals surface area contributed by atoms with Gasteiger partial charge < -0.3 is 10.2 Å². The third kappa shape index (κ3) is 3.57. The summed E-state index contributed by atoms with van der Waals surface area (Å²) in [5.41, 5.74) is -0.735. The predicted molar refractivity (Wildman–Crippen MR) is 98.1 cm³/mol. The smallest absolute Gasteiger partial charge is 0.339 e. The number of rotatable bonds is 3. The molecule has 0 aliphatic carbocycles. The second-order valence-corrected chi connectivity index (χ2v) is 9.62. The molecule has 2 rings (SSSR count). The monoisotopic (exact) mass is 426 g/mol. The average Bonchev–Trinajstić information content (AvgIpc) is 2.45. The Kier molecular flexibility index (Phi) is 5.03. The van der Waals surface area contributed by atoms with Crippen molar-refractivity contribution < 1.29 is 23.4 Å². The lowest BCUT2D eigenvalue weighted by atomic mass is 9.84. The number of hydrogen-bond donors (Lipinski definition) is 2. The van der Waals surface area contributed by atoms with Crippen molar-refractivity contribution >= 4 is 31.7 Å². The van der Waals surface area contributed by atoms with Crippen LogP contribution in [-0.4, -0.2) is 24.6 Å². The summed E-state index contributed by atoms with van der Waals surface area (Å²) in [7, 11) is -3.94. The molecule has 0 heterocycles. The van der Waals surface area contributed by atoms with E-state index >= 15 is 0 Å². The lowest BCUT2D eigenvalue weighted by Gasteiger charge is -2.24. The summed E-state index contributed by atoms with van der Waals surface area (Å²) >= 11 is 3.26. The number of carboxylic acids is 1. The third-order valence-corrected chi connectivity index (χ3v) is 6.37. The highest BCUT2D eigenvalue weighted by molar-refractivity contribution is 9.10. The Morgan fingerprint density at radius 1 is 1.12 bits per heavy atom. The molecule has 0 saturated heterocycles. The van der Waals surface area contributed by atoms with E-state index in [1.54, 1.807) is 32.9 Å². The Balaban J connectivity index is 2.88. The first-order valence-corrected chi connectivity index (χ1v) is 9.76. The number of phenols is 1. The summed E-state index contributed by atoms with van der Waals surface area (Å²) < 4.78 is 26.8. The molecule has 0 amide bonds. The summed E-state index contributed by atoms with van der Waals surface area (Å²) in [5, 5.41) is 19.9. The first kappa shape index (κ1) is 19.5. The third-order valence-electron chi connectivity index (χ3n) is 3.95. The van der Waals surface area contributed by atoms with Crippen molar-refractivity contribution in [2.45, 2.75) is 42.9 Å². The van der Waals surface area contributed by atoms with Crippen LogP contribution in [-0.2, 0) is 15.3 Å². The quantitative estimate of drug-likeness (QED) is 0.763. The summed E-state index contributed by atoms with van der Waals surface area (Å²) in [6, 6.07) is 7.47. The first-order chi connectivity index (χ1) is 11.4. The number of aromatic carboxylic acids is 1. The molecule has 0 bridgehead atoms. The lowest BCUT2D eigenvalue weighted by molar-refractivity contribution is 0.0692. The number of hydrogen-bond acceptors (Lipinski definition) is 4. The summed E-state index contributed by atoms with van der Waals surface area (Å²) in [5.74, 6) is -1.76. The van der Waals surface area contributed by atoms with Gasteiger partial charge in [0.25, 0.3) is 0 Å². The molecular formula is C18H19BrO5S. The van der Waals surface area contributed by atoms with Crippen LogP contribution in [0.5, 0.6) is 5.75 Å². The van der Waals surface area contributed by atoms with E-state index in [1.165, 1.54) is 25.1 Å². The minimum absolute atomic E-state index is 0.0147. The molecule has 134 valence electrons. The maximum atomic E-state index is 13.0. The van der Waals surface area contributed by atoms with Gasteiger partial charge in [-0.05, 0) is 48.2 Å². The number of benzene rings is 2. The van der Waals surface area contributed by atoms with Crippen LogP contribution in [0.15, 0.2) is 44.6 Å². The Morgan fingerprint density at radius 3 is 2.08 bits per heavy atom. The van der Waals surface area contributed by atoms with Crippen LogP contribution in [0.2, 0.25) is 0 Å². The van der Waals surface area contributed by atoms with Gasteiger partial charge in [0.2, 0.25) is 9.84 Å². The maximum Gasteiger partial charge on any atom is 0.339 e. The van der Waals surface area contributed by atoms with Gasteiger partial charge in [-0.2, -0.15) is 0 Å². The molecule has 0 fully saturated rings. The second kappa shape index (κ2) is 6.46. The fourth-order valence-electron chi connectivity index (χ4n) is 2.60. The number of aromatic hydroxyl groups is 1. The standard InChI is InChI=1S/C18H19BrO5S/c1-10-14(25(23,24)12-7-5-11(19)6-8-12)9-13(18(2,3)4)16(20)15(10)17(21)22/h5-9,20H,1-4H3,(H,21,22). The van der Waals surface area contributed by atoms with Crippen molar-refractivity contribution in [3.05, 3.63) is 51.5 Å². The molecule has 0 saturated carbocycles. The Morgan fingerprint density at radius 2 is 1.64 bits per heavy atom. The SMILES string of the molecule is Cc1c(S(=O)(=O)c2ccc(Br)cc2)cc(C(C)(C)C)c(O)c1C(=O)O.